The Morgan fingerprint density at radius 2 is 1.77 bits per heavy atom. The van der Waals surface area contributed by atoms with Crippen LogP contribution in [0.25, 0.3) is 0 Å². The Morgan fingerprint density at radius 3 is 2.00 bits per heavy atom. The normalized spacial score (nSPS) is 11.3. The molecule has 0 fully saturated rings. The first-order valence-corrected chi connectivity index (χ1v) is 4.73. The highest BCUT2D eigenvalue weighted by atomic mass is 15.0. The van der Waals surface area contributed by atoms with Gasteiger partial charge in [-0.15, -0.1) is 0 Å². The standard InChI is InChI=1S/C9H17B2N2/c1-6-7(2)13(11(5)12)8(3)9(6)10-4/h12H2,1-5H3/q-2. The average molecular weight is 175 g/mol. The van der Waals surface area contributed by atoms with Crippen LogP contribution >= 0.6 is 0 Å². The Kier molecular flexibility index (Phi) is 2.91. The van der Waals surface area contributed by atoms with Gasteiger partial charge in [-0.25, -0.2) is 6.82 Å². The third kappa shape index (κ3) is 1.55. The molecule has 0 aromatic carbocycles. The van der Waals surface area contributed by atoms with Crippen LogP contribution in [0, 0.1) is 20.8 Å². The van der Waals surface area contributed by atoms with Crippen molar-refractivity contribution >= 4 is 19.7 Å². The van der Waals surface area contributed by atoms with Crippen LogP contribution in [0.15, 0.2) is 0 Å². The molecule has 2 N–H and O–H groups in total. The fourth-order valence-corrected chi connectivity index (χ4v) is 2.06. The van der Waals surface area contributed by atoms with Crippen LogP contribution in [-0.4, -0.2) is 18.7 Å². The fraction of sp³-hybridized carbons (Fsp3) is 0.556. The highest BCUT2D eigenvalue weighted by Crippen LogP contribution is 2.10. The number of nitrogens with two attached hydrogens (primary N) is 1. The summed E-state index contributed by atoms with van der Waals surface area (Å²) >= 11 is 0. The van der Waals surface area contributed by atoms with E-state index in [2.05, 4.69) is 39.4 Å². The summed E-state index contributed by atoms with van der Waals surface area (Å²) in [4.78, 5) is 0. The van der Waals surface area contributed by atoms with Gasteiger partial charge in [0.25, 0.3) is 0 Å². The van der Waals surface area contributed by atoms with Gasteiger partial charge in [-0.1, -0.05) is 11.3 Å². The third-order valence-corrected chi connectivity index (χ3v) is 2.76. The lowest BCUT2D eigenvalue weighted by Gasteiger charge is -2.26. The molecule has 0 bridgehead atoms. The first kappa shape index (κ1) is 10.5. The number of hydrogen-bond acceptors (Lipinski definition) is 1. The topological polar surface area (TPSA) is 30.9 Å². The third-order valence-electron chi connectivity index (χ3n) is 2.76. The van der Waals surface area contributed by atoms with Gasteiger partial charge in [0.2, 0.25) is 0 Å². The van der Waals surface area contributed by atoms with Crippen LogP contribution in [0.4, 0.5) is 0 Å². The van der Waals surface area contributed by atoms with Gasteiger partial charge in [0, 0.05) is 6.98 Å². The molecular weight excluding hydrogens is 158 g/mol. The van der Waals surface area contributed by atoms with E-state index in [0.717, 1.165) is 0 Å². The molecule has 0 aliphatic heterocycles. The molecule has 0 spiro atoms. The second-order valence-corrected chi connectivity index (χ2v) is 3.61. The molecule has 3 radical (unpaired) electrons. The summed E-state index contributed by atoms with van der Waals surface area (Å²) in [6.45, 7) is 10.5. The van der Waals surface area contributed by atoms with Crippen molar-refractivity contribution in [1.29, 1.82) is 0 Å². The lowest BCUT2D eigenvalue weighted by molar-refractivity contribution is 1.04. The second kappa shape index (κ2) is 3.62. The van der Waals surface area contributed by atoms with E-state index in [-0.39, 0.29) is 6.98 Å². The Labute approximate surface area is 81.9 Å². The van der Waals surface area contributed by atoms with Gasteiger partial charge in [0.15, 0.2) is 0 Å². The lowest BCUT2D eigenvalue weighted by Crippen LogP contribution is -2.34. The molecule has 0 atom stereocenters. The molecule has 0 saturated carbocycles. The summed E-state index contributed by atoms with van der Waals surface area (Å²) in [7, 11) is 2.15. The molecule has 0 amide bonds. The highest BCUT2D eigenvalue weighted by Gasteiger charge is 2.02. The van der Waals surface area contributed by atoms with Crippen LogP contribution in [0.3, 0.4) is 0 Å². The second-order valence-electron chi connectivity index (χ2n) is 3.61. The molecule has 1 heterocycles. The number of nitrogens with zero attached hydrogens (tertiary/aromatic N) is 1. The maximum Gasteiger partial charge on any atom is 0.0384 e. The predicted molar refractivity (Wildman–Crippen MR) is 61.1 cm³/mol. The molecule has 71 valence electrons. The van der Waals surface area contributed by atoms with E-state index in [4.69, 9.17) is 5.64 Å². The molecular formula is C9H17B2N2-2. The molecule has 0 unspecified atom stereocenters. The largest absolute Gasteiger partial charge is 0.540 e. The first-order chi connectivity index (χ1) is 6.00. The zero-order valence-electron chi connectivity index (χ0n) is 9.18. The van der Waals surface area contributed by atoms with Crippen LogP contribution in [0.5, 0.6) is 0 Å². The van der Waals surface area contributed by atoms with Gasteiger partial charge in [-0.2, -0.15) is 6.82 Å². The van der Waals surface area contributed by atoms with Crippen LogP contribution in [0.1, 0.15) is 17.0 Å². The van der Waals surface area contributed by atoms with E-state index in [0.29, 0.717) is 0 Å². The van der Waals surface area contributed by atoms with Gasteiger partial charge in [-0.3, -0.25) is 12.7 Å². The van der Waals surface area contributed by atoms with Crippen molar-refractivity contribution < 1.29 is 0 Å². The number of hydrogen-bond donors (Lipinski definition) is 1. The SMILES string of the molecule is C[B-]c1c(C)c(C)n([B-](C)N)c1C. The Bertz CT molecular complexity index is 316. The quantitative estimate of drug-likeness (QED) is 0.659. The van der Waals surface area contributed by atoms with Crippen LogP contribution < -0.4 is 11.1 Å². The summed E-state index contributed by atoms with van der Waals surface area (Å²) in [5, 5.41) is 0. The van der Waals surface area contributed by atoms with Gasteiger partial charge in [-0.05, 0) is 26.5 Å². The van der Waals surface area contributed by atoms with Crippen molar-refractivity contribution in [3.63, 3.8) is 0 Å². The van der Waals surface area contributed by atoms with E-state index in [1.165, 1.54) is 22.4 Å². The minimum atomic E-state index is 0.0624. The summed E-state index contributed by atoms with van der Waals surface area (Å²) in [5.41, 5.74) is 11.1. The minimum absolute atomic E-state index is 0.0624. The first-order valence-electron chi connectivity index (χ1n) is 4.73. The van der Waals surface area contributed by atoms with Gasteiger partial charge < -0.3 is 10.1 Å². The van der Waals surface area contributed by atoms with Crippen molar-refractivity contribution in [2.24, 2.45) is 5.64 Å². The van der Waals surface area contributed by atoms with E-state index < -0.39 is 0 Å². The molecule has 0 saturated heterocycles. The molecule has 0 aliphatic carbocycles. The Balaban J connectivity index is 3.36. The molecule has 1 aromatic heterocycles. The number of rotatable bonds is 2. The van der Waals surface area contributed by atoms with Crippen LogP contribution in [0.2, 0.25) is 13.6 Å². The molecule has 13 heavy (non-hydrogen) atoms. The summed E-state index contributed by atoms with van der Waals surface area (Å²) in [6, 6.07) is 0. The Hall–Kier alpha value is -0.630. The van der Waals surface area contributed by atoms with E-state index in [9.17, 15) is 0 Å². The van der Waals surface area contributed by atoms with Crippen molar-refractivity contribution in [3.8, 4) is 0 Å². The summed E-state index contributed by atoms with van der Waals surface area (Å²) in [5.74, 6) is 0. The van der Waals surface area contributed by atoms with E-state index in [1.54, 1.807) is 0 Å². The monoisotopic (exact) mass is 175 g/mol. The van der Waals surface area contributed by atoms with Crippen LogP contribution in [-0.2, 0) is 0 Å². The summed E-state index contributed by atoms with van der Waals surface area (Å²) < 4.78 is 2.19. The molecule has 0 aliphatic rings. The zero-order valence-corrected chi connectivity index (χ0v) is 9.18. The van der Waals surface area contributed by atoms with E-state index >= 15 is 0 Å². The van der Waals surface area contributed by atoms with Gasteiger partial charge in [0.05, 0.1) is 0 Å². The van der Waals surface area contributed by atoms with Crippen molar-refractivity contribution in [1.82, 2.24) is 4.48 Å². The predicted octanol–water partition coefficient (Wildman–Crippen LogP) is 0.716. The molecule has 2 nitrogen and oxygen atoms in total. The van der Waals surface area contributed by atoms with Gasteiger partial charge in [0.1, 0.15) is 0 Å². The molecule has 1 aromatic rings. The number of aromatic nitrogens is 1. The van der Waals surface area contributed by atoms with Crippen molar-refractivity contribution in [2.45, 2.75) is 34.4 Å². The Morgan fingerprint density at radius 1 is 1.23 bits per heavy atom. The molecule has 4 heteroatoms. The lowest BCUT2D eigenvalue weighted by atomic mass is 9.71. The van der Waals surface area contributed by atoms with Crippen molar-refractivity contribution in [3.05, 3.63) is 17.0 Å². The maximum absolute atomic E-state index is 5.90. The average Bonchev–Trinajstić information content (AvgIpc) is 2.24. The van der Waals surface area contributed by atoms with Crippen molar-refractivity contribution in [2.75, 3.05) is 0 Å². The summed E-state index contributed by atoms with van der Waals surface area (Å²) in [6.07, 6.45) is 0. The highest BCUT2D eigenvalue weighted by molar-refractivity contribution is 6.56. The van der Waals surface area contributed by atoms with E-state index in [1.807, 2.05) is 6.82 Å². The minimum Gasteiger partial charge on any atom is -0.540 e. The van der Waals surface area contributed by atoms with Gasteiger partial charge >= 0.3 is 0 Å². The molecule has 1 rings (SSSR count). The smallest absolute Gasteiger partial charge is 0.0384 e. The zero-order chi connectivity index (χ0) is 10.2. The maximum atomic E-state index is 5.90. The fourth-order valence-electron chi connectivity index (χ4n) is 2.06.